The summed E-state index contributed by atoms with van der Waals surface area (Å²) in [4.78, 5) is 0. The third-order valence-corrected chi connectivity index (χ3v) is 3.30. The Hall–Kier alpha value is -1.63. The number of phenols is 1. The van der Waals surface area contributed by atoms with Gasteiger partial charge in [0.2, 0.25) is 0 Å². The first kappa shape index (κ1) is 11.8. The Balaban J connectivity index is 2.48. The second kappa shape index (κ2) is 3.99. The molecule has 0 saturated heterocycles. The Morgan fingerprint density at radius 1 is 1.00 bits per heavy atom. The van der Waals surface area contributed by atoms with E-state index < -0.39 is 0 Å². The van der Waals surface area contributed by atoms with E-state index in [1.165, 1.54) is 5.56 Å². The zero-order valence-electron chi connectivity index (χ0n) is 10.7. The van der Waals surface area contributed by atoms with Gasteiger partial charge in [0.25, 0.3) is 0 Å². The zero-order valence-corrected chi connectivity index (χ0v) is 10.7. The van der Waals surface area contributed by atoms with E-state index in [0.29, 0.717) is 5.75 Å². The highest BCUT2D eigenvalue weighted by atomic mass is 16.3. The molecular formula is C16H19O+. The van der Waals surface area contributed by atoms with Gasteiger partial charge >= 0.3 is 0 Å². The molecule has 17 heavy (non-hydrogen) atoms. The fourth-order valence-corrected chi connectivity index (χ4v) is 1.97. The van der Waals surface area contributed by atoms with Gasteiger partial charge in [-0.25, -0.2) is 0 Å². The summed E-state index contributed by atoms with van der Waals surface area (Å²) in [6.45, 7) is 10.9. The predicted octanol–water partition coefficient (Wildman–Crippen LogP) is 4.51. The van der Waals surface area contributed by atoms with Gasteiger partial charge in [0.1, 0.15) is 11.7 Å². The van der Waals surface area contributed by atoms with Gasteiger partial charge in [-0.1, -0.05) is 39.0 Å². The Morgan fingerprint density at radius 3 is 2.24 bits per heavy atom. The van der Waals surface area contributed by atoms with Gasteiger partial charge in [0.05, 0.1) is 6.92 Å². The van der Waals surface area contributed by atoms with Gasteiger partial charge in [-0.05, 0) is 29.0 Å². The Kier molecular flexibility index (Phi) is 2.78. The maximum absolute atomic E-state index is 9.43. The average molecular weight is 227 g/mol. The van der Waals surface area contributed by atoms with Crippen LogP contribution in [0.25, 0.3) is 10.8 Å². The smallest absolute Gasteiger partial charge is 0.125 e. The number of benzene rings is 2. The van der Waals surface area contributed by atoms with Crippen molar-refractivity contribution in [3.05, 3.63) is 48.9 Å². The van der Waals surface area contributed by atoms with Gasteiger partial charge in [-0.2, -0.15) is 0 Å². The van der Waals surface area contributed by atoms with Gasteiger partial charge < -0.3 is 5.11 Å². The summed E-state index contributed by atoms with van der Waals surface area (Å²) in [5.41, 5.74) is 1.40. The minimum atomic E-state index is 0.157. The fraction of sp³-hybridized carbons (Fsp3) is 0.312. The number of hydrogen-bond donors (Lipinski definition) is 1. The molecule has 0 aliphatic heterocycles. The molecule has 1 atom stereocenters. The second-order valence-corrected chi connectivity index (χ2v) is 5.71. The van der Waals surface area contributed by atoms with E-state index >= 15 is 0 Å². The monoisotopic (exact) mass is 227 g/mol. The molecule has 0 heterocycles. The summed E-state index contributed by atoms with van der Waals surface area (Å²) in [5.74, 6) is 0.577. The first-order chi connectivity index (χ1) is 7.88. The highest BCUT2D eigenvalue weighted by Crippen LogP contribution is 2.35. The van der Waals surface area contributed by atoms with Gasteiger partial charge in [-0.15, -0.1) is 0 Å². The lowest BCUT2D eigenvalue weighted by molar-refractivity contribution is 0.364. The van der Waals surface area contributed by atoms with Crippen molar-refractivity contribution in [3.63, 3.8) is 0 Å². The van der Waals surface area contributed by atoms with Crippen LogP contribution in [-0.2, 0) is 0 Å². The molecule has 0 aromatic heterocycles. The predicted molar refractivity (Wildman–Crippen MR) is 73.2 cm³/mol. The highest BCUT2D eigenvalue weighted by Gasteiger charge is 2.27. The molecule has 1 unspecified atom stereocenters. The minimum Gasteiger partial charge on any atom is -0.508 e. The van der Waals surface area contributed by atoms with Crippen LogP contribution in [0, 0.1) is 12.3 Å². The van der Waals surface area contributed by atoms with Crippen LogP contribution >= 0.6 is 0 Å². The summed E-state index contributed by atoms with van der Waals surface area (Å²) >= 11 is 0. The molecule has 0 amide bonds. The first-order valence-electron chi connectivity index (χ1n) is 5.94. The maximum atomic E-state index is 9.43. The van der Waals surface area contributed by atoms with Crippen molar-refractivity contribution >= 4 is 10.8 Å². The minimum absolute atomic E-state index is 0.157. The maximum Gasteiger partial charge on any atom is 0.125 e. The standard InChI is InChI=1S/C16H18O/c1-11(16(2,3)4)12-5-6-14-10-15(17)8-7-13(14)9-12/h5-11H,1H2,2-4H3/p+1. The molecular weight excluding hydrogens is 208 g/mol. The van der Waals surface area contributed by atoms with E-state index in [0.717, 1.165) is 10.8 Å². The first-order valence-corrected chi connectivity index (χ1v) is 5.94. The van der Waals surface area contributed by atoms with Crippen LogP contribution in [0.2, 0.25) is 0 Å². The van der Waals surface area contributed by atoms with Crippen LogP contribution in [0.5, 0.6) is 5.75 Å². The molecule has 1 nitrogen and oxygen atoms in total. The van der Waals surface area contributed by atoms with E-state index in [1.807, 2.05) is 12.1 Å². The molecule has 2 aromatic carbocycles. The van der Waals surface area contributed by atoms with E-state index in [2.05, 4.69) is 39.8 Å². The molecule has 0 radical (unpaired) electrons. The van der Waals surface area contributed by atoms with Gasteiger partial charge in [0.15, 0.2) is 0 Å². The third kappa shape index (κ3) is 2.38. The van der Waals surface area contributed by atoms with Crippen molar-refractivity contribution in [3.8, 4) is 5.75 Å². The number of rotatable bonds is 1. The number of phenolic OH excluding ortho intramolecular Hbond substituents is 1. The van der Waals surface area contributed by atoms with Crippen LogP contribution < -0.4 is 0 Å². The van der Waals surface area contributed by atoms with E-state index in [1.54, 1.807) is 12.1 Å². The van der Waals surface area contributed by atoms with Crippen LogP contribution in [0.1, 0.15) is 32.3 Å². The molecule has 0 aliphatic carbocycles. The summed E-state index contributed by atoms with van der Waals surface area (Å²) < 4.78 is 0. The zero-order chi connectivity index (χ0) is 12.6. The second-order valence-electron chi connectivity index (χ2n) is 5.71. The molecule has 2 rings (SSSR count). The van der Waals surface area contributed by atoms with Crippen molar-refractivity contribution < 1.29 is 5.11 Å². The summed E-state index contributed by atoms with van der Waals surface area (Å²) in [6, 6.07) is 11.8. The largest absolute Gasteiger partial charge is 0.508 e. The lowest BCUT2D eigenvalue weighted by Crippen LogP contribution is -2.15. The molecule has 0 saturated carbocycles. The van der Waals surface area contributed by atoms with Gasteiger partial charge in [-0.3, -0.25) is 0 Å². The summed E-state index contributed by atoms with van der Waals surface area (Å²) in [7, 11) is 0. The third-order valence-electron chi connectivity index (χ3n) is 3.30. The van der Waals surface area contributed by atoms with Gasteiger partial charge in [0, 0.05) is 11.0 Å². The molecule has 1 N–H and O–H groups in total. The van der Waals surface area contributed by atoms with Crippen LogP contribution in [0.3, 0.4) is 0 Å². The summed E-state index contributed by atoms with van der Waals surface area (Å²) in [6.07, 6.45) is 0. The molecule has 1 heteroatoms. The SMILES string of the molecule is [CH2+]C(c1ccc2cc(O)ccc2c1)C(C)(C)C. The molecule has 0 bridgehead atoms. The normalized spacial score (nSPS) is 13.8. The average Bonchev–Trinajstić information content (AvgIpc) is 2.26. The topological polar surface area (TPSA) is 20.2 Å². The fourth-order valence-electron chi connectivity index (χ4n) is 1.97. The lowest BCUT2D eigenvalue weighted by atomic mass is 9.77. The Morgan fingerprint density at radius 2 is 1.59 bits per heavy atom. The van der Waals surface area contributed by atoms with Crippen molar-refractivity contribution in [1.82, 2.24) is 0 Å². The van der Waals surface area contributed by atoms with Crippen LogP contribution in [0.4, 0.5) is 0 Å². The number of hydrogen-bond acceptors (Lipinski definition) is 1. The Labute approximate surface area is 103 Å². The molecule has 0 aliphatic rings. The molecule has 0 spiro atoms. The van der Waals surface area contributed by atoms with Crippen molar-refractivity contribution in [2.75, 3.05) is 0 Å². The quantitative estimate of drug-likeness (QED) is 0.711. The van der Waals surface area contributed by atoms with Crippen molar-refractivity contribution in [2.24, 2.45) is 5.41 Å². The Bertz CT molecular complexity index is 535. The molecule has 2 aromatic rings. The van der Waals surface area contributed by atoms with Crippen LogP contribution in [-0.4, -0.2) is 5.11 Å². The number of fused-ring (bicyclic) bond motifs is 1. The van der Waals surface area contributed by atoms with E-state index in [9.17, 15) is 5.11 Å². The number of aromatic hydroxyl groups is 1. The van der Waals surface area contributed by atoms with E-state index in [-0.39, 0.29) is 11.3 Å². The van der Waals surface area contributed by atoms with Crippen LogP contribution in [0.15, 0.2) is 36.4 Å². The van der Waals surface area contributed by atoms with Crippen molar-refractivity contribution in [1.29, 1.82) is 0 Å². The molecule has 0 fully saturated rings. The van der Waals surface area contributed by atoms with E-state index in [4.69, 9.17) is 0 Å². The highest BCUT2D eigenvalue weighted by molar-refractivity contribution is 5.84. The molecule has 88 valence electrons. The lowest BCUT2D eigenvalue weighted by Gasteiger charge is -2.22. The van der Waals surface area contributed by atoms with Crippen molar-refractivity contribution in [2.45, 2.75) is 26.7 Å². The summed E-state index contributed by atoms with van der Waals surface area (Å²) in [5, 5.41) is 11.6.